The minimum atomic E-state index is -0.546. The van der Waals surface area contributed by atoms with Crippen LogP contribution in [-0.2, 0) is 4.79 Å². The van der Waals surface area contributed by atoms with Crippen molar-refractivity contribution in [3.8, 4) is 0 Å². The van der Waals surface area contributed by atoms with Gasteiger partial charge in [-0.25, -0.2) is 0 Å². The van der Waals surface area contributed by atoms with Gasteiger partial charge in [-0.2, -0.15) is 0 Å². The molecule has 0 radical (unpaired) electrons. The minimum absolute atomic E-state index is 0.176. The van der Waals surface area contributed by atoms with E-state index in [1.807, 2.05) is 0 Å². The average Bonchev–Trinajstić information content (AvgIpc) is 1.98. The second-order valence-corrected chi connectivity index (χ2v) is 7.38. The van der Waals surface area contributed by atoms with Crippen molar-refractivity contribution in [3.05, 3.63) is 0 Å². The fourth-order valence-electron chi connectivity index (χ4n) is 4.40. The van der Waals surface area contributed by atoms with Crippen LogP contribution in [0.25, 0.3) is 0 Å². The monoisotopic (exact) mass is 258 g/mol. The van der Waals surface area contributed by atoms with Crippen LogP contribution < -0.4 is 0 Å². The average molecular weight is 259 g/mol. The zero-order chi connectivity index (χ0) is 9.97. The lowest BCUT2D eigenvalue weighted by Crippen LogP contribution is -2.55. The van der Waals surface area contributed by atoms with Crippen molar-refractivity contribution in [2.24, 2.45) is 17.3 Å². The quantitative estimate of drug-likeness (QED) is 0.735. The predicted molar refractivity (Wildman–Crippen MR) is 56.4 cm³/mol. The van der Waals surface area contributed by atoms with Gasteiger partial charge in [-0.15, -0.1) is 0 Å². The lowest BCUT2D eigenvalue weighted by molar-refractivity contribution is -0.162. The lowest BCUT2D eigenvalue weighted by atomic mass is 9.49. The Balaban J connectivity index is 2.00. The number of alkyl halides is 1. The summed E-state index contributed by atoms with van der Waals surface area (Å²) in [6.45, 7) is 0. The summed E-state index contributed by atoms with van der Waals surface area (Å²) in [7, 11) is 0. The molecule has 1 N–H and O–H groups in total. The molecule has 0 aliphatic heterocycles. The number of carboxylic acid groups (broad SMARTS) is 1. The molecular formula is C11H15BrO2. The Labute approximate surface area is 92.2 Å². The van der Waals surface area contributed by atoms with Crippen LogP contribution in [0, 0.1) is 17.3 Å². The SMILES string of the molecule is O=C(O)C12C[C@@H]3C[C@@H](CC(Br)(C3)C1)C2. The van der Waals surface area contributed by atoms with Gasteiger partial charge >= 0.3 is 5.97 Å². The van der Waals surface area contributed by atoms with Crippen molar-refractivity contribution in [3.63, 3.8) is 0 Å². The van der Waals surface area contributed by atoms with Gasteiger partial charge in [-0.3, -0.25) is 4.79 Å². The molecule has 4 rings (SSSR count). The van der Waals surface area contributed by atoms with Crippen molar-refractivity contribution in [2.75, 3.05) is 0 Å². The molecule has 0 aromatic carbocycles. The third-order valence-electron chi connectivity index (χ3n) is 4.44. The Kier molecular flexibility index (Phi) is 1.67. The van der Waals surface area contributed by atoms with Crippen LogP contribution in [-0.4, -0.2) is 15.4 Å². The van der Waals surface area contributed by atoms with Gasteiger partial charge in [0.1, 0.15) is 0 Å². The second kappa shape index (κ2) is 2.55. The first kappa shape index (κ1) is 9.20. The molecule has 4 atom stereocenters. The van der Waals surface area contributed by atoms with Crippen LogP contribution in [0.1, 0.15) is 38.5 Å². The molecule has 78 valence electrons. The van der Waals surface area contributed by atoms with E-state index >= 15 is 0 Å². The Bertz CT molecular complexity index is 286. The first-order chi connectivity index (χ1) is 6.51. The Morgan fingerprint density at radius 1 is 1.21 bits per heavy atom. The smallest absolute Gasteiger partial charge is 0.309 e. The van der Waals surface area contributed by atoms with Gasteiger partial charge in [-0.1, -0.05) is 15.9 Å². The van der Waals surface area contributed by atoms with E-state index in [0.29, 0.717) is 11.8 Å². The van der Waals surface area contributed by atoms with Crippen molar-refractivity contribution < 1.29 is 9.90 Å². The maximum absolute atomic E-state index is 11.4. The molecule has 0 saturated heterocycles. The fraction of sp³-hybridized carbons (Fsp3) is 0.909. The van der Waals surface area contributed by atoms with E-state index in [2.05, 4.69) is 15.9 Å². The van der Waals surface area contributed by atoms with E-state index in [1.165, 1.54) is 19.3 Å². The number of halogens is 1. The largest absolute Gasteiger partial charge is 0.481 e. The second-order valence-electron chi connectivity index (χ2n) is 5.70. The molecular weight excluding hydrogens is 244 g/mol. The van der Waals surface area contributed by atoms with E-state index in [-0.39, 0.29) is 9.74 Å². The van der Waals surface area contributed by atoms with Crippen LogP contribution >= 0.6 is 15.9 Å². The summed E-state index contributed by atoms with van der Waals surface area (Å²) in [4.78, 5) is 11.4. The number of hydrogen-bond acceptors (Lipinski definition) is 1. The van der Waals surface area contributed by atoms with Gasteiger partial charge in [0, 0.05) is 4.32 Å². The van der Waals surface area contributed by atoms with E-state index in [4.69, 9.17) is 0 Å². The summed E-state index contributed by atoms with van der Waals surface area (Å²) in [6, 6.07) is 0. The van der Waals surface area contributed by atoms with Gasteiger partial charge in [0.25, 0.3) is 0 Å². The van der Waals surface area contributed by atoms with Crippen molar-refractivity contribution in [1.29, 1.82) is 0 Å². The van der Waals surface area contributed by atoms with Crippen LogP contribution in [0.5, 0.6) is 0 Å². The van der Waals surface area contributed by atoms with Crippen LogP contribution in [0.4, 0.5) is 0 Å². The van der Waals surface area contributed by atoms with Crippen LogP contribution in [0.3, 0.4) is 0 Å². The third-order valence-corrected chi connectivity index (χ3v) is 5.37. The van der Waals surface area contributed by atoms with Crippen LogP contribution in [0.15, 0.2) is 0 Å². The van der Waals surface area contributed by atoms with Gasteiger partial charge in [0.15, 0.2) is 0 Å². The highest BCUT2D eigenvalue weighted by Gasteiger charge is 2.59. The molecule has 0 aromatic rings. The molecule has 4 aliphatic carbocycles. The van der Waals surface area contributed by atoms with E-state index in [1.54, 1.807) is 0 Å². The first-order valence-corrected chi connectivity index (χ1v) is 6.23. The highest BCUT2D eigenvalue weighted by atomic mass is 79.9. The van der Waals surface area contributed by atoms with E-state index < -0.39 is 5.97 Å². The van der Waals surface area contributed by atoms with E-state index in [9.17, 15) is 9.90 Å². The minimum Gasteiger partial charge on any atom is -0.481 e. The summed E-state index contributed by atoms with van der Waals surface area (Å²) in [5.74, 6) is 0.800. The number of aliphatic carboxylic acids is 1. The molecule has 0 aromatic heterocycles. The summed E-state index contributed by atoms with van der Waals surface area (Å²) in [6.07, 6.45) is 6.43. The molecule has 4 fully saturated rings. The first-order valence-electron chi connectivity index (χ1n) is 5.44. The molecule has 4 saturated carbocycles. The zero-order valence-electron chi connectivity index (χ0n) is 8.13. The number of carboxylic acids is 1. The molecule has 0 spiro atoms. The molecule has 2 nitrogen and oxygen atoms in total. The lowest BCUT2D eigenvalue weighted by Gasteiger charge is -2.58. The summed E-state index contributed by atoms with van der Waals surface area (Å²) in [5, 5.41) is 9.37. The number of hydrogen-bond donors (Lipinski definition) is 1. The fourth-order valence-corrected chi connectivity index (χ4v) is 5.85. The molecule has 4 bridgehead atoms. The molecule has 2 unspecified atom stereocenters. The van der Waals surface area contributed by atoms with Gasteiger partial charge in [0.2, 0.25) is 0 Å². The normalized spacial score (nSPS) is 54.9. The van der Waals surface area contributed by atoms with Crippen molar-refractivity contribution >= 4 is 21.9 Å². The number of rotatable bonds is 1. The van der Waals surface area contributed by atoms with Crippen molar-refractivity contribution in [1.82, 2.24) is 0 Å². The Morgan fingerprint density at radius 2 is 1.79 bits per heavy atom. The molecule has 3 heteroatoms. The van der Waals surface area contributed by atoms with Crippen molar-refractivity contribution in [2.45, 2.75) is 42.8 Å². The zero-order valence-corrected chi connectivity index (χ0v) is 9.72. The highest BCUT2D eigenvalue weighted by molar-refractivity contribution is 9.10. The molecule has 0 heterocycles. The van der Waals surface area contributed by atoms with E-state index in [0.717, 1.165) is 19.3 Å². The third kappa shape index (κ3) is 1.11. The Morgan fingerprint density at radius 3 is 2.21 bits per heavy atom. The van der Waals surface area contributed by atoms with Crippen LogP contribution in [0.2, 0.25) is 0 Å². The summed E-state index contributed by atoms with van der Waals surface area (Å²) < 4.78 is 0.176. The summed E-state index contributed by atoms with van der Waals surface area (Å²) >= 11 is 3.80. The van der Waals surface area contributed by atoms with Gasteiger partial charge in [-0.05, 0) is 50.4 Å². The highest BCUT2D eigenvalue weighted by Crippen LogP contribution is 2.64. The van der Waals surface area contributed by atoms with Gasteiger partial charge in [0.05, 0.1) is 5.41 Å². The molecule has 0 amide bonds. The standard InChI is InChI=1S/C11H15BrO2/c12-11-4-7-1-8(5-11)3-10(2-7,6-11)9(13)14/h7-8H,1-6H2,(H,13,14)/t7-,8+,10?,11?. The predicted octanol–water partition coefficient (Wildman–Crippen LogP) is 2.80. The Hall–Kier alpha value is -0.0500. The molecule has 4 aliphatic rings. The van der Waals surface area contributed by atoms with Gasteiger partial charge < -0.3 is 5.11 Å². The maximum Gasteiger partial charge on any atom is 0.309 e. The molecule has 14 heavy (non-hydrogen) atoms. The number of carbonyl (C=O) groups is 1. The topological polar surface area (TPSA) is 37.3 Å². The summed E-state index contributed by atoms with van der Waals surface area (Å²) in [5.41, 5.74) is -0.367. The maximum atomic E-state index is 11.4.